The van der Waals surface area contributed by atoms with E-state index in [1.807, 2.05) is 0 Å². The van der Waals surface area contributed by atoms with E-state index in [4.69, 9.17) is 4.42 Å². The maximum absolute atomic E-state index is 12.4. The molecule has 2 nitrogen and oxygen atoms in total. The van der Waals surface area contributed by atoms with Crippen LogP contribution in [0.4, 0.5) is 17.6 Å². The van der Waals surface area contributed by atoms with Crippen LogP contribution in [0.3, 0.4) is 0 Å². The summed E-state index contributed by atoms with van der Waals surface area (Å²) in [6.07, 6.45) is -2.24. The van der Waals surface area contributed by atoms with Crippen LogP contribution in [-0.2, 0) is 6.54 Å². The minimum Gasteiger partial charge on any atom is -0.468 e. The molecule has 0 amide bonds. The maximum Gasteiger partial charge on any atom is 0.319 e. The number of rotatable bonds is 5. The van der Waals surface area contributed by atoms with Gasteiger partial charge in [0.2, 0.25) is 0 Å². The van der Waals surface area contributed by atoms with Crippen molar-refractivity contribution in [1.29, 1.82) is 0 Å². The summed E-state index contributed by atoms with van der Waals surface area (Å²) in [6, 6.07) is 1.67. The van der Waals surface area contributed by atoms with Crippen molar-refractivity contribution in [1.82, 2.24) is 5.32 Å². The van der Waals surface area contributed by atoms with Crippen LogP contribution in [0.1, 0.15) is 11.3 Å². The van der Waals surface area contributed by atoms with Gasteiger partial charge in [-0.2, -0.15) is 8.78 Å². The second-order valence-corrected chi connectivity index (χ2v) is 3.19. The summed E-state index contributed by atoms with van der Waals surface area (Å²) >= 11 is 0. The molecule has 1 heterocycles. The fourth-order valence-electron chi connectivity index (χ4n) is 1.01. The minimum absolute atomic E-state index is 0.0150. The van der Waals surface area contributed by atoms with Gasteiger partial charge in [0.15, 0.2) is 0 Å². The fourth-order valence-corrected chi connectivity index (χ4v) is 1.01. The first-order valence-corrected chi connectivity index (χ1v) is 4.33. The first kappa shape index (κ1) is 12.0. The molecule has 0 fully saturated rings. The van der Waals surface area contributed by atoms with Crippen molar-refractivity contribution in [3.05, 3.63) is 23.7 Å². The smallest absolute Gasteiger partial charge is 0.319 e. The average molecular weight is 225 g/mol. The molecule has 0 aliphatic rings. The van der Waals surface area contributed by atoms with E-state index in [0.717, 1.165) is 5.56 Å². The molecule has 0 atom stereocenters. The minimum atomic E-state index is -4.00. The predicted molar refractivity (Wildman–Crippen MR) is 46.1 cm³/mol. The van der Waals surface area contributed by atoms with Gasteiger partial charge in [0, 0.05) is 0 Å². The normalized spacial score (nSPS) is 12.4. The third-order valence-electron chi connectivity index (χ3n) is 1.93. The molecule has 1 aromatic rings. The van der Waals surface area contributed by atoms with Crippen LogP contribution < -0.4 is 5.32 Å². The van der Waals surface area contributed by atoms with E-state index in [9.17, 15) is 17.6 Å². The lowest BCUT2D eigenvalue weighted by Crippen LogP contribution is -2.38. The molecule has 0 radical (unpaired) electrons. The molecular weight excluding hydrogens is 214 g/mol. The lowest BCUT2D eigenvalue weighted by molar-refractivity contribution is -0.125. The standard InChI is InChI=1S/C9H11F4NO/c1-6-2-3-15-7(6)4-14-5-9(12,13)8(10)11/h2-3,8,14H,4-5H2,1H3. The Morgan fingerprint density at radius 1 is 1.47 bits per heavy atom. The highest BCUT2D eigenvalue weighted by molar-refractivity contribution is 5.14. The van der Waals surface area contributed by atoms with Gasteiger partial charge >= 0.3 is 12.3 Å². The van der Waals surface area contributed by atoms with Crippen molar-refractivity contribution in [2.75, 3.05) is 6.54 Å². The molecule has 0 bridgehead atoms. The quantitative estimate of drug-likeness (QED) is 0.779. The zero-order valence-corrected chi connectivity index (χ0v) is 8.07. The van der Waals surface area contributed by atoms with Crippen molar-refractivity contribution in [3.8, 4) is 0 Å². The summed E-state index contributed by atoms with van der Waals surface area (Å²) in [7, 11) is 0. The number of alkyl halides is 4. The molecule has 1 N–H and O–H groups in total. The molecule has 0 aliphatic carbocycles. The molecule has 1 rings (SSSR count). The Labute approximate surface area is 84.3 Å². The van der Waals surface area contributed by atoms with Gasteiger partial charge in [-0.1, -0.05) is 0 Å². The topological polar surface area (TPSA) is 25.2 Å². The predicted octanol–water partition coefficient (Wildman–Crippen LogP) is 2.58. The van der Waals surface area contributed by atoms with E-state index < -0.39 is 18.9 Å². The summed E-state index contributed by atoms with van der Waals surface area (Å²) < 4.78 is 53.3. The Hall–Kier alpha value is -1.04. The average Bonchev–Trinajstić information content (AvgIpc) is 2.51. The lowest BCUT2D eigenvalue weighted by Gasteiger charge is -2.15. The third kappa shape index (κ3) is 3.23. The highest BCUT2D eigenvalue weighted by atomic mass is 19.3. The second kappa shape index (κ2) is 4.65. The van der Waals surface area contributed by atoms with E-state index in [1.54, 1.807) is 13.0 Å². The first-order valence-electron chi connectivity index (χ1n) is 4.33. The number of aryl methyl sites for hydroxylation is 1. The maximum atomic E-state index is 12.4. The van der Waals surface area contributed by atoms with Crippen molar-refractivity contribution < 1.29 is 22.0 Å². The Morgan fingerprint density at radius 3 is 2.60 bits per heavy atom. The van der Waals surface area contributed by atoms with Gasteiger partial charge < -0.3 is 9.73 Å². The van der Waals surface area contributed by atoms with Crippen LogP contribution in [-0.4, -0.2) is 18.9 Å². The van der Waals surface area contributed by atoms with Crippen molar-refractivity contribution >= 4 is 0 Å². The number of nitrogens with one attached hydrogen (secondary N) is 1. The van der Waals surface area contributed by atoms with E-state index in [-0.39, 0.29) is 6.54 Å². The van der Waals surface area contributed by atoms with Crippen LogP contribution in [0.25, 0.3) is 0 Å². The molecule has 15 heavy (non-hydrogen) atoms. The second-order valence-electron chi connectivity index (χ2n) is 3.19. The zero-order valence-electron chi connectivity index (χ0n) is 8.07. The Balaban J connectivity index is 2.37. The van der Waals surface area contributed by atoms with E-state index in [1.165, 1.54) is 6.26 Å². The van der Waals surface area contributed by atoms with Gasteiger partial charge in [0.05, 0.1) is 19.4 Å². The summed E-state index contributed by atoms with van der Waals surface area (Å²) in [4.78, 5) is 0. The molecule has 0 saturated carbocycles. The fraction of sp³-hybridized carbons (Fsp3) is 0.556. The molecular formula is C9H11F4NO. The van der Waals surface area contributed by atoms with Crippen LogP contribution in [0, 0.1) is 6.92 Å². The van der Waals surface area contributed by atoms with Crippen molar-refractivity contribution in [3.63, 3.8) is 0 Å². The first-order chi connectivity index (χ1) is 6.93. The number of furan rings is 1. The summed E-state index contributed by atoms with van der Waals surface area (Å²) in [5, 5.41) is 2.23. The van der Waals surface area contributed by atoms with Crippen LogP contribution in [0.15, 0.2) is 16.7 Å². The largest absolute Gasteiger partial charge is 0.468 e. The molecule has 0 spiro atoms. The molecule has 0 aliphatic heterocycles. The number of hydrogen-bond acceptors (Lipinski definition) is 2. The Bertz CT molecular complexity index is 311. The SMILES string of the molecule is Cc1ccoc1CNCC(F)(F)C(F)F. The third-order valence-corrected chi connectivity index (χ3v) is 1.93. The van der Waals surface area contributed by atoms with Gasteiger partial charge in [0.1, 0.15) is 5.76 Å². The summed E-state index contributed by atoms with van der Waals surface area (Å²) in [6.45, 7) is 0.692. The summed E-state index contributed by atoms with van der Waals surface area (Å²) in [5.74, 6) is -3.53. The van der Waals surface area contributed by atoms with Gasteiger partial charge in [0.25, 0.3) is 0 Å². The van der Waals surface area contributed by atoms with Gasteiger partial charge in [-0.3, -0.25) is 0 Å². The van der Waals surface area contributed by atoms with Crippen LogP contribution >= 0.6 is 0 Å². The molecule has 0 saturated heterocycles. The molecule has 1 aromatic heterocycles. The molecule has 6 heteroatoms. The van der Waals surface area contributed by atoms with Crippen molar-refractivity contribution in [2.45, 2.75) is 25.8 Å². The van der Waals surface area contributed by atoms with E-state index in [0.29, 0.717) is 5.76 Å². The molecule has 0 aromatic carbocycles. The highest BCUT2D eigenvalue weighted by Crippen LogP contribution is 2.21. The van der Waals surface area contributed by atoms with Crippen LogP contribution in [0.5, 0.6) is 0 Å². The van der Waals surface area contributed by atoms with E-state index >= 15 is 0 Å². The van der Waals surface area contributed by atoms with Gasteiger partial charge in [-0.15, -0.1) is 0 Å². The Morgan fingerprint density at radius 2 is 2.13 bits per heavy atom. The molecule has 0 unspecified atom stereocenters. The zero-order chi connectivity index (χ0) is 11.5. The monoisotopic (exact) mass is 225 g/mol. The van der Waals surface area contributed by atoms with Crippen molar-refractivity contribution in [2.24, 2.45) is 0 Å². The van der Waals surface area contributed by atoms with Gasteiger partial charge in [-0.25, -0.2) is 8.78 Å². The molecule has 86 valence electrons. The Kier molecular flexibility index (Phi) is 3.73. The van der Waals surface area contributed by atoms with Crippen LogP contribution in [0.2, 0.25) is 0 Å². The number of hydrogen-bond donors (Lipinski definition) is 1. The lowest BCUT2D eigenvalue weighted by atomic mass is 10.2. The van der Waals surface area contributed by atoms with Gasteiger partial charge in [-0.05, 0) is 18.6 Å². The highest BCUT2D eigenvalue weighted by Gasteiger charge is 2.40. The van der Waals surface area contributed by atoms with E-state index in [2.05, 4.69) is 5.32 Å². The summed E-state index contributed by atoms with van der Waals surface area (Å²) in [5.41, 5.74) is 0.794. The number of halogens is 4.